The van der Waals surface area contributed by atoms with Crippen molar-refractivity contribution in [1.29, 1.82) is 0 Å². The van der Waals surface area contributed by atoms with E-state index in [-0.39, 0.29) is 0 Å². The van der Waals surface area contributed by atoms with Gasteiger partial charge in [0.1, 0.15) is 5.82 Å². The van der Waals surface area contributed by atoms with Crippen LogP contribution in [0, 0.1) is 3.57 Å². The van der Waals surface area contributed by atoms with Crippen LogP contribution in [-0.2, 0) is 0 Å². The third kappa shape index (κ3) is 3.11. The molecule has 0 saturated carbocycles. The fourth-order valence-corrected chi connectivity index (χ4v) is 2.94. The Morgan fingerprint density at radius 2 is 1.71 bits per heavy atom. The van der Waals surface area contributed by atoms with Gasteiger partial charge in [-0.15, -0.1) is 0 Å². The largest absolute Gasteiger partial charge is 0.383 e. The number of rotatable bonds is 2. The van der Waals surface area contributed by atoms with Crippen molar-refractivity contribution in [3.8, 4) is 11.3 Å². The van der Waals surface area contributed by atoms with Gasteiger partial charge in [-0.1, -0.05) is 30.3 Å². The maximum atomic E-state index is 6.10. The summed E-state index contributed by atoms with van der Waals surface area (Å²) in [5, 5.41) is 0. The Balaban J connectivity index is 1.98. The Morgan fingerprint density at radius 3 is 2.38 bits per heavy atom. The van der Waals surface area contributed by atoms with Crippen LogP contribution in [0.4, 0.5) is 11.8 Å². The predicted octanol–water partition coefficient (Wildman–Crippen LogP) is 2.08. The summed E-state index contributed by atoms with van der Waals surface area (Å²) in [6.45, 7) is 3.92. The molecule has 21 heavy (non-hydrogen) atoms. The number of nitrogen functional groups attached to an aromatic ring is 1. The minimum absolute atomic E-state index is 0.554. The second-order valence-corrected chi connectivity index (χ2v) is 6.31. The van der Waals surface area contributed by atoms with Gasteiger partial charge in [-0.25, -0.2) is 4.98 Å². The highest BCUT2D eigenvalue weighted by Crippen LogP contribution is 2.28. The van der Waals surface area contributed by atoms with Crippen molar-refractivity contribution in [2.75, 3.05) is 43.9 Å². The standard InChI is InChI=1S/C15H18IN5/c1-20-7-9-21(10-8-20)15-18-13(12(16)14(17)19-15)11-5-3-2-4-6-11/h2-6H,7-10H2,1H3,(H2,17,18,19). The van der Waals surface area contributed by atoms with Gasteiger partial charge in [0.2, 0.25) is 5.95 Å². The van der Waals surface area contributed by atoms with Crippen molar-refractivity contribution in [2.45, 2.75) is 0 Å². The van der Waals surface area contributed by atoms with Gasteiger partial charge in [0.25, 0.3) is 0 Å². The first-order valence-corrected chi connectivity index (χ1v) is 8.05. The average Bonchev–Trinajstić information content (AvgIpc) is 2.51. The lowest BCUT2D eigenvalue weighted by Crippen LogP contribution is -2.45. The molecule has 0 aliphatic carbocycles. The van der Waals surface area contributed by atoms with E-state index in [2.05, 4.69) is 56.6 Å². The molecule has 3 rings (SSSR count). The van der Waals surface area contributed by atoms with Crippen LogP contribution in [0.3, 0.4) is 0 Å². The number of hydrogen-bond acceptors (Lipinski definition) is 5. The number of hydrogen-bond donors (Lipinski definition) is 1. The lowest BCUT2D eigenvalue weighted by Gasteiger charge is -2.32. The minimum Gasteiger partial charge on any atom is -0.383 e. The van der Waals surface area contributed by atoms with Gasteiger partial charge >= 0.3 is 0 Å². The van der Waals surface area contributed by atoms with Gasteiger partial charge in [0.05, 0.1) is 9.26 Å². The van der Waals surface area contributed by atoms with Crippen LogP contribution < -0.4 is 10.6 Å². The highest BCUT2D eigenvalue weighted by Gasteiger charge is 2.19. The van der Waals surface area contributed by atoms with Crippen LogP contribution in [0.25, 0.3) is 11.3 Å². The van der Waals surface area contributed by atoms with Crippen molar-refractivity contribution in [3.63, 3.8) is 0 Å². The Morgan fingerprint density at radius 1 is 1.05 bits per heavy atom. The van der Waals surface area contributed by atoms with Crippen molar-refractivity contribution in [1.82, 2.24) is 14.9 Å². The SMILES string of the molecule is CN1CCN(c2nc(N)c(I)c(-c3ccccc3)n2)CC1. The van der Waals surface area contributed by atoms with Crippen molar-refractivity contribution < 1.29 is 0 Å². The first kappa shape index (κ1) is 14.5. The number of likely N-dealkylation sites (N-methyl/N-ethyl adjacent to an activating group) is 1. The lowest BCUT2D eigenvalue weighted by atomic mass is 10.1. The summed E-state index contributed by atoms with van der Waals surface area (Å²) < 4.78 is 0.914. The van der Waals surface area contributed by atoms with Crippen LogP contribution in [0.1, 0.15) is 0 Å². The molecule has 0 radical (unpaired) electrons. The van der Waals surface area contributed by atoms with Crippen molar-refractivity contribution >= 4 is 34.4 Å². The number of nitrogens with zero attached hydrogens (tertiary/aromatic N) is 4. The van der Waals surface area contributed by atoms with Crippen LogP contribution in [0.15, 0.2) is 30.3 Å². The molecule has 2 N–H and O–H groups in total. The number of benzene rings is 1. The monoisotopic (exact) mass is 395 g/mol. The molecule has 1 aromatic heterocycles. The molecule has 2 heterocycles. The minimum atomic E-state index is 0.554. The molecule has 0 spiro atoms. The van der Waals surface area contributed by atoms with E-state index in [0.29, 0.717) is 5.82 Å². The maximum absolute atomic E-state index is 6.10. The summed E-state index contributed by atoms with van der Waals surface area (Å²) in [6, 6.07) is 10.1. The summed E-state index contributed by atoms with van der Waals surface area (Å²) >= 11 is 2.22. The summed E-state index contributed by atoms with van der Waals surface area (Å²) in [5.41, 5.74) is 8.09. The van der Waals surface area contributed by atoms with Crippen LogP contribution in [0.5, 0.6) is 0 Å². The van der Waals surface area contributed by atoms with E-state index in [1.807, 2.05) is 18.2 Å². The van der Waals surface area contributed by atoms with E-state index in [1.165, 1.54) is 0 Å². The predicted molar refractivity (Wildman–Crippen MR) is 94.3 cm³/mol. The maximum Gasteiger partial charge on any atom is 0.228 e. The Labute approximate surface area is 138 Å². The van der Waals surface area contributed by atoms with Gasteiger partial charge in [-0.2, -0.15) is 4.98 Å². The molecule has 110 valence electrons. The highest BCUT2D eigenvalue weighted by molar-refractivity contribution is 14.1. The lowest BCUT2D eigenvalue weighted by molar-refractivity contribution is 0.311. The third-order valence-corrected chi connectivity index (χ3v) is 4.76. The quantitative estimate of drug-likeness (QED) is 0.790. The van der Waals surface area contributed by atoms with E-state index < -0.39 is 0 Å². The summed E-state index contributed by atoms with van der Waals surface area (Å²) in [7, 11) is 2.13. The summed E-state index contributed by atoms with van der Waals surface area (Å²) in [6.07, 6.45) is 0. The molecule has 0 atom stereocenters. The molecule has 1 aliphatic rings. The van der Waals surface area contributed by atoms with E-state index in [9.17, 15) is 0 Å². The number of nitrogens with two attached hydrogens (primary N) is 1. The molecule has 5 nitrogen and oxygen atoms in total. The Hall–Kier alpha value is -1.41. The zero-order chi connectivity index (χ0) is 14.8. The van der Waals surface area contributed by atoms with E-state index in [1.54, 1.807) is 0 Å². The van der Waals surface area contributed by atoms with E-state index >= 15 is 0 Å². The molecule has 6 heteroatoms. The smallest absolute Gasteiger partial charge is 0.228 e. The first-order valence-electron chi connectivity index (χ1n) is 6.97. The first-order chi connectivity index (χ1) is 10.1. The van der Waals surface area contributed by atoms with Crippen molar-refractivity contribution in [3.05, 3.63) is 33.9 Å². The molecule has 0 unspecified atom stereocenters. The van der Waals surface area contributed by atoms with Crippen molar-refractivity contribution in [2.24, 2.45) is 0 Å². The highest BCUT2D eigenvalue weighted by atomic mass is 127. The van der Waals surface area contributed by atoms with Crippen LogP contribution in [-0.4, -0.2) is 48.1 Å². The molecule has 1 fully saturated rings. The zero-order valence-electron chi connectivity index (χ0n) is 12.0. The molecule has 0 amide bonds. The second-order valence-electron chi connectivity index (χ2n) is 5.23. The number of aromatic nitrogens is 2. The van der Waals surface area contributed by atoms with Gasteiger partial charge in [0, 0.05) is 31.7 Å². The summed E-state index contributed by atoms with van der Waals surface area (Å²) in [5.74, 6) is 1.29. The van der Waals surface area contributed by atoms with Crippen LogP contribution >= 0.6 is 22.6 Å². The fraction of sp³-hybridized carbons (Fsp3) is 0.333. The number of anilines is 2. The number of piperazine rings is 1. The topological polar surface area (TPSA) is 58.3 Å². The normalized spacial score (nSPS) is 16.2. The molecule has 0 bridgehead atoms. The van der Waals surface area contributed by atoms with Gasteiger partial charge in [-0.3, -0.25) is 0 Å². The molecule has 1 aromatic carbocycles. The molecule has 1 saturated heterocycles. The number of halogens is 1. The Bertz CT molecular complexity index is 623. The Kier molecular flexibility index (Phi) is 4.25. The van der Waals surface area contributed by atoms with Gasteiger partial charge in [0.15, 0.2) is 0 Å². The summed E-state index contributed by atoms with van der Waals surface area (Å²) in [4.78, 5) is 13.8. The molecular weight excluding hydrogens is 377 g/mol. The molecule has 2 aromatic rings. The van der Waals surface area contributed by atoms with Gasteiger partial charge < -0.3 is 15.5 Å². The second kappa shape index (κ2) is 6.15. The molecule has 1 aliphatic heterocycles. The van der Waals surface area contributed by atoms with E-state index in [4.69, 9.17) is 10.7 Å². The molecular formula is C15H18IN5. The zero-order valence-corrected chi connectivity index (χ0v) is 14.1. The van der Waals surface area contributed by atoms with E-state index in [0.717, 1.165) is 47.0 Å². The fourth-order valence-electron chi connectivity index (χ4n) is 2.39. The van der Waals surface area contributed by atoms with Gasteiger partial charge in [-0.05, 0) is 29.6 Å². The average molecular weight is 395 g/mol. The third-order valence-electron chi connectivity index (χ3n) is 3.70. The van der Waals surface area contributed by atoms with Crippen LogP contribution in [0.2, 0.25) is 0 Å².